The molecule has 0 saturated carbocycles. The number of allylic oxidation sites excluding steroid dienone is 2. The van der Waals surface area contributed by atoms with E-state index < -0.39 is 0 Å². The Balaban J connectivity index is 0.00000169. The van der Waals surface area contributed by atoms with E-state index in [0.717, 1.165) is 18.4 Å². The number of ketones is 1. The number of carbonyl (C=O) groups excluding carboxylic acids is 1. The summed E-state index contributed by atoms with van der Waals surface area (Å²) in [5, 5.41) is 14.5. The number of rotatable bonds is 5. The van der Waals surface area contributed by atoms with Gasteiger partial charge < -0.3 is 11.4 Å². The minimum Gasteiger partial charge on any atom is -1.00 e. The standard InChI is InChI=1S/C20H25NO3.Na.H/c1-3-17(21-24-4-2)20-18(22)11-16(12-19(20)23)15-9-8-13-6-5-7-14(13)10-15;;/h8-10,16,22H,3-7,11-12H2,1-2H3;;/q;+1;-1. The Hall–Kier alpha value is -1.10. The van der Waals surface area contributed by atoms with E-state index in [0.29, 0.717) is 37.2 Å². The zero-order valence-electron chi connectivity index (χ0n) is 16.5. The van der Waals surface area contributed by atoms with Crippen molar-refractivity contribution >= 4 is 11.5 Å². The van der Waals surface area contributed by atoms with Gasteiger partial charge >= 0.3 is 29.6 Å². The van der Waals surface area contributed by atoms with Gasteiger partial charge in [0, 0.05) is 12.8 Å². The molecule has 0 fully saturated rings. The summed E-state index contributed by atoms with van der Waals surface area (Å²) in [6, 6.07) is 6.54. The molecule has 1 unspecified atom stereocenters. The predicted octanol–water partition coefficient (Wildman–Crippen LogP) is 1.35. The molecule has 0 aliphatic heterocycles. The largest absolute Gasteiger partial charge is 1.00 e. The number of hydrogen-bond acceptors (Lipinski definition) is 4. The first-order chi connectivity index (χ1) is 11.6. The fraction of sp³-hybridized carbons (Fsp3) is 0.500. The second kappa shape index (κ2) is 9.02. The summed E-state index contributed by atoms with van der Waals surface area (Å²) >= 11 is 0. The molecule has 25 heavy (non-hydrogen) atoms. The Bertz CT molecular complexity index is 715. The second-order valence-electron chi connectivity index (χ2n) is 6.54. The number of nitrogens with zero attached hydrogens (tertiary/aromatic N) is 1. The molecular weight excluding hydrogens is 325 g/mol. The van der Waals surface area contributed by atoms with Crippen LogP contribution in [0.3, 0.4) is 0 Å². The fourth-order valence-corrected chi connectivity index (χ4v) is 3.73. The molecule has 4 nitrogen and oxygen atoms in total. The quantitative estimate of drug-likeness (QED) is 0.495. The second-order valence-corrected chi connectivity index (χ2v) is 6.54. The molecule has 0 bridgehead atoms. The van der Waals surface area contributed by atoms with E-state index in [1.54, 1.807) is 0 Å². The summed E-state index contributed by atoms with van der Waals surface area (Å²) in [6.45, 7) is 4.21. The number of oxime groups is 1. The number of hydrogen-bond donors (Lipinski definition) is 1. The van der Waals surface area contributed by atoms with E-state index in [2.05, 4.69) is 23.4 Å². The van der Waals surface area contributed by atoms with Gasteiger partial charge in [-0.25, -0.2) is 0 Å². The number of aliphatic hydroxyl groups excluding tert-OH is 1. The van der Waals surface area contributed by atoms with E-state index in [4.69, 9.17) is 4.84 Å². The SMILES string of the molecule is CCON=C(CC)C1=C(O)CC(c2ccc3c(c2)CCC3)CC1=O.[H-].[Na+]. The summed E-state index contributed by atoms with van der Waals surface area (Å²) in [5.41, 5.74) is 4.91. The maximum Gasteiger partial charge on any atom is 1.00 e. The summed E-state index contributed by atoms with van der Waals surface area (Å²) in [7, 11) is 0. The molecule has 1 aromatic carbocycles. The van der Waals surface area contributed by atoms with Gasteiger partial charge in [0.2, 0.25) is 0 Å². The van der Waals surface area contributed by atoms with Crippen molar-refractivity contribution in [1.29, 1.82) is 0 Å². The molecule has 0 heterocycles. The topological polar surface area (TPSA) is 58.9 Å². The van der Waals surface area contributed by atoms with Crippen molar-refractivity contribution in [1.82, 2.24) is 0 Å². The number of fused-ring (bicyclic) bond motifs is 1. The first-order valence-corrected chi connectivity index (χ1v) is 8.90. The fourth-order valence-electron chi connectivity index (χ4n) is 3.73. The van der Waals surface area contributed by atoms with E-state index in [-0.39, 0.29) is 48.4 Å². The van der Waals surface area contributed by atoms with E-state index >= 15 is 0 Å². The van der Waals surface area contributed by atoms with Crippen molar-refractivity contribution < 1.29 is 45.7 Å². The number of benzene rings is 1. The third-order valence-electron chi connectivity index (χ3n) is 4.96. The zero-order valence-corrected chi connectivity index (χ0v) is 17.5. The van der Waals surface area contributed by atoms with Gasteiger partial charge in [-0.2, -0.15) is 0 Å². The number of aryl methyl sites for hydroxylation is 2. The van der Waals surface area contributed by atoms with Gasteiger partial charge in [0.15, 0.2) is 5.78 Å². The van der Waals surface area contributed by atoms with Crippen LogP contribution in [0.1, 0.15) is 63.6 Å². The first kappa shape index (κ1) is 20.2. The molecule has 0 amide bonds. The van der Waals surface area contributed by atoms with Crippen LogP contribution in [0.15, 0.2) is 34.7 Å². The predicted molar refractivity (Wildman–Crippen MR) is 95.6 cm³/mol. The van der Waals surface area contributed by atoms with Crippen LogP contribution in [0.2, 0.25) is 0 Å². The van der Waals surface area contributed by atoms with Gasteiger partial charge in [-0.3, -0.25) is 4.79 Å². The average Bonchev–Trinajstić information content (AvgIpc) is 3.04. The first-order valence-electron chi connectivity index (χ1n) is 8.90. The minimum atomic E-state index is -0.0375. The van der Waals surface area contributed by atoms with Crippen LogP contribution in [-0.4, -0.2) is 23.2 Å². The smallest absolute Gasteiger partial charge is 1.00 e. The molecule has 2 aliphatic carbocycles. The van der Waals surface area contributed by atoms with Crippen molar-refractivity contribution in [2.24, 2.45) is 5.16 Å². The third-order valence-corrected chi connectivity index (χ3v) is 4.96. The third kappa shape index (κ3) is 4.36. The van der Waals surface area contributed by atoms with Gasteiger partial charge in [0.05, 0.1) is 11.3 Å². The van der Waals surface area contributed by atoms with E-state index in [1.165, 1.54) is 17.5 Å². The molecule has 0 aromatic heterocycles. The van der Waals surface area contributed by atoms with Crippen LogP contribution >= 0.6 is 0 Å². The maximum atomic E-state index is 12.6. The summed E-state index contributed by atoms with van der Waals surface area (Å²) in [4.78, 5) is 17.7. The Morgan fingerprint density at radius 3 is 2.72 bits per heavy atom. The summed E-state index contributed by atoms with van der Waals surface area (Å²) < 4.78 is 0. The molecule has 0 spiro atoms. The van der Waals surface area contributed by atoms with Crippen LogP contribution in [0.25, 0.3) is 0 Å². The molecule has 130 valence electrons. The van der Waals surface area contributed by atoms with Crippen molar-refractivity contribution in [2.45, 2.75) is 58.3 Å². The van der Waals surface area contributed by atoms with Gasteiger partial charge in [-0.05, 0) is 55.2 Å². The van der Waals surface area contributed by atoms with Crippen molar-refractivity contribution in [3.05, 3.63) is 46.2 Å². The zero-order chi connectivity index (χ0) is 17.1. The molecule has 1 aromatic rings. The number of Topliss-reactive ketones (excluding diaryl/α,β-unsaturated/α-hetero) is 1. The molecular formula is C20H26NNaO3. The number of aliphatic hydroxyl groups is 1. The van der Waals surface area contributed by atoms with Crippen molar-refractivity contribution in [3.8, 4) is 0 Å². The Morgan fingerprint density at radius 2 is 2.04 bits per heavy atom. The van der Waals surface area contributed by atoms with Crippen LogP contribution in [0.4, 0.5) is 0 Å². The van der Waals surface area contributed by atoms with Crippen LogP contribution < -0.4 is 29.6 Å². The molecule has 5 heteroatoms. The van der Waals surface area contributed by atoms with E-state index in [9.17, 15) is 9.90 Å². The molecule has 2 aliphatic rings. The van der Waals surface area contributed by atoms with Gasteiger partial charge in [-0.1, -0.05) is 30.3 Å². The normalized spacial score (nSPS) is 20.3. The summed E-state index contributed by atoms with van der Waals surface area (Å²) in [5.74, 6) is 0.166. The van der Waals surface area contributed by atoms with Gasteiger partial charge in [0.1, 0.15) is 12.4 Å². The van der Waals surface area contributed by atoms with Crippen LogP contribution in [-0.2, 0) is 22.5 Å². The average molecular weight is 351 g/mol. The van der Waals surface area contributed by atoms with Crippen molar-refractivity contribution in [3.63, 3.8) is 0 Å². The van der Waals surface area contributed by atoms with Crippen LogP contribution in [0.5, 0.6) is 0 Å². The van der Waals surface area contributed by atoms with Gasteiger partial charge in [0.25, 0.3) is 0 Å². The minimum absolute atomic E-state index is 0. The molecule has 0 radical (unpaired) electrons. The maximum absolute atomic E-state index is 12.6. The Kier molecular flexibility index (Phi) is 7.29. The number of carbonyl (C=O) groups is 1. The molecule has 1 atom stereocenters. The molecule has 1 N–H and O–H groups in total. The van der Waals surface area contributed by atoms with Gasteiger partial charge in [-0.15, -0.1) is 0 Å². The monoisotopic (exact) mass is 351 g/mol. The Morgan fingerprint density at radius 1 is 1.28 bits per heavy atom. The van der Waals surface area contributed by atoms with Crippen LogP contribution in [0, 0.1) is 0 Å². The Labute approximate surface area is 173 Å². The summed E-state index contributed by atoms with van der Waals surface area (Å²) in [6.07, 6.45) is 4.97. The van der Waals surface area contributed by atoms with Crippen molar-refractivity contribution in [2.75, 3.05) is 6.61 Å². The molecule has 0 saturated heterocycles. The van der Waals surface area contributed by atoms with E-state index in [1.807, 2.05) is 13.8 Å². The molecule has 3 rings (SSSR count).